The highest BCUT2D eigenvalue weighted by Crippen LogP contribution is 2.26. The highest BCUT2D eigenvalue weighted by molar-refractivity contribution is 5.86. The molecule has 6 nitrogen and oxygen atoms in total. The number of carbonyl (C=O) groups is 1. The van der Waals surface area contributed by atoms with Gasteiger partial charge < -0.3 is 14.0 Å². The molecule has 0 aliphatic carbocycles. The second-order valence-electron chi connectivity index (χ2n) is 4.02. The molecule has 2 aromatic rings. The zero-order chi connectivity index (χ0) is 12.6. The number of hydrogen-bond donors (Lipinski definition) is 1. The monoisotopic (exact) mass is 236 g/mol. The summed E-state index contributed by atoms with van der Waals surface area (Å²) in [4.78, 5) is 15.1. The second kappa shape index (κ2) is 4.04. The van der Waals surface area contributed by atoms with Crippen molar-refractivity contribution >= 4 is 5.97 Å². The van der Waals surface area contributed by atoms with Gasteiger partial charge in [0.05, 0.1) is 5.69 Å². The molecule has 2 rings (SSSR count). The molecule has 6 heteroatoms. The van der Waals surface area contributed by atoms with Crippen LogP contribution >= 0.6 is 0 Å². The van der Waals surface area contributed by atoms with Gasteiger partial charge >= 0.3 is 5.97 Å². The van der Waals surface area contributed by atoms with E-state index in [4.69, 9.17) is 14.0 Å². The zero-order valence-electron chi connectivity index (χ0n) is 9.72. The van der Waals surface area contributed by atoms with Crippen LogP contribution < -0.4 is 0 Å². The number of carboxylic acids is 1. The molecule has 90 valence electrons. The number of nitrogens with zero attached hydrogens (tertiary/aromatic N) is 2. The van der Waals surface area contributed by atoms with Crippen molar-refractivity contribution in [2.45, 2.75) is 26.7 Å². The van der Waals surface area contributed by atoms with Gasteiger partial charge in [-0.1, -0.05) is 19.0 Å². The van der Waals surface area contributed by atoms with Crippen LogP contribution in [0.15, 0.2) is 15.0 Å². The second-order valence-corrected chi connectivity index (χ2v) is 4.02. The molecule has 0 aliphatic rings. The van der Waals surface area contributed by atoms with E-state index < -0.39 is 5.97 Å². The summed E-state index contributed by atoms with van der Waals surface area (Å²) in [7, 11) is 0. The van der Waals surface area contributed by atoms with Crippen molar-refractivity contribution in [3.63, 3.8) is 0 Å². The lowest BCUT2D eigenvalue weighted by atomic mass is 10.1. The van der Waals surface area contributed by atoms with Gasteiger partial charge in [-0.15, -0.1) is 0 Å². The van der Waals surface area contributed by atoms with Gasteiger partial charge in [0, 0.05) is 6.07 Å². The van der Waals surface area contributed by atoms with E-state index in [2.05, 4.69) is 10.1 Å². The molecule has 0 unspecified atom stereocenters. The Morgan fingerprint density at radius 1 is 1.47 bits per heavy atom. The topological polar surface area (TPSA) is 89.4 Å². The normalized spacial score (nSPS) is 11.1. The first-order valence-corrected chi connectivity index (χ1v) is 5.16. The quantitative estimate of drug-likeness (QED) is 0.880. The Hall–Kier alpha value is -2.11. The number of carboxylic acid groups (broad SMARTS) is 1. The number of oxazole rings is 1. The highest BCUT2D eigenvalue weighted by atomic mass is 16.5. The van der Waals surface area contributed by atoms with Crippen LogP contribution in [0.4, 0.5) is 0 Å². The SMILES string of the molecule is Cc1cc(-c2nc(C(C)C)c(C(=O)O)o2)no1. The number of aromatic carboxylic acids is 1. The molecule has 0 fully saturated rings. The van der Waals surface area contributed by atoms with E-state index in [1.54, 1.807) is 13.0 Å². The Kier molecular flexibility index (Phi) is 2.71. The molecule has 0 radical (unpaired) electrons. The predicted octanol–water partition coefficient (Wildman–Crippen LogP) is 2.46. The Balaban J connectivity index is 2.50. The summed E-state index contributed by atoms with van der Waals surface area (Å²) in [5.74, 6) is -0.529. The Labute approximate surface area is 97.2 Å². The van der Waals surface area contributed by atoms with Crippen molar-refractivity contribution in [2.24, 2.45) is 0 Å². The van der Waals surface area contributed by atoms with E-state index in [1.807, 2.05) is 13.8 Å². The lowest BCUT2D eigenvalue weighted by Crippen LogP contribution is -2.01. The lowest BCUT2D eigenvalue weighted by Gasteiger charge is -1.98. The van der Waals surface area contributed by atoms with Gasteiger partial charge in [-0.3, -0.25) is 0 Å². The predicted molar refractivity (Wildman–Crippen MR) is 57.8 cm³/mol. The molecule has 17 heavy (non-hydrogen) atoms. The average molecular weight is 236 g/mol. The fraction of sp³-hybridized carbons (Fsp3) is 0.364. The average Bonchev–Trinajstić information content (AvgIpc) is 2.82. The summed E-state index contributed by atoms with van der Waals surface area (Å²) in [6.07, 6.45) is 0. The minimum absolute atomic E-state index is 0.0356. The maximum atomic E-state index is 11.0. The molecule has 0 aromatic carbocycles. The van der Waals surface area contributed by atoms with Crippen LogP contribution in [-0.4, -0.2) is 21.2 Å². The number of aromatic nitrogens is 2. The van der Waals surface area contributed by atoms with Crippen molar-refractivity contribution in [2.75, 3.05) is 0 Å². The maximum Gasteiger partial charge on any atom is 0.373 e. The molecule has 0 amide bonds. The molecular formula is C11H12N2O4. The molecule has 1 N–H and O–H groups in total. The van der Waals surface area contributed by atoms with Gasteiger partial charge in [0.15, 0.2) is 5.69 Å². The molecule has 0 saturated carbocycles. The van der Waals surface area contributed by atoms with Crippen molar-refractivity contribution in [1.29, 1.82) is 0 Å². The third-order valence-corrected chi connectivity index (χ3v) is 2.24. The van der Waals surface area contributed by atoms with Crippen LogP contribution in [0.2, 0.25) is 0 Å². The Morgan fingerprint density at radius 2 is 2.18 bits per heavy atom. The molecule has 0 atom stereocenters. The summed E-state index contributed by atoms with van der Waals surface area (Å²) in [6.45, 7) is 5.44. The van der Waals surface area contributed by atoms with E-state index in [9.17, 15) is 4.79 Å². The summed E-state index contributed by atoms with van der Waals surface area (Å²) >= 11 is 0. The van der Waals surface area contributed by atoms with Gasteiger partial charge in [-0.2, -0.15) is 0 Å². The van der Waals surface area contributed by atoms with Crippen molar-refractivity contribution in [3.05, 3.63) is 23.3 Å². The van der Waals surface area contributed by atoms with Crippen LogP contribution in [0, 0.1) is 6.92 Å². The van der Waals surface area contributed by atoms with E-state index in [-0.39, 0.29) is 17.6 Å². The summed E-state index contributed by atoms with van der Waals surface area (Å²) < 4.78 is 10.1. The molecule has 0 spiro atoms. The number of rotatable bonds is 3. The molecular weight excluding hydrogens is 224 g/mol. The first kappa shape index (κ1) is 11.4. The summed E-state index contributed by atoms with van der Waals surface area (Å²) in [5.41, 5.74) is 0.810. The highest BCUT2D eigenvalue weighted by Gasteiger charge is 2.23. The van der Waals surface area contributed by atoms with Gasteiger partial charge in [-0.05, 0) is 12.8 Å². The van der Waals surface area contributed by atoms with E-state index in [0.717, 1.165) is 0 Å². The van der Waals surface area contributed by atoms with Crippen LogP contribution in [0.3, 0.4) is 0 Å². The summed E-state index contributed by atoms with van der Waals surface area (Å²) in [5, 5.41) is 12.7. The lowest BCUT2D eigenvalue weighted by molar-refractivity contribution is 0.0661. The van der Waals surface area contributed by atoms with Crippen LogP contribution in [0.5, 0.6) is 0 Å². The number of hydrogen-bond acceptors (Lipinski definition) is 5. The smallest absolute Gasteiger partial charge is 0.373 e. The van der Waals surface area contributed by atoms with Crippen molar-refractivity contribution in [3.8, 4) is 11.6 Å². The summed E-state index contributed by atoms with van der Waals surface area (Å²) in [6, 6.07) is 1.64. The number of aryl methyl sites for hydroxylation is 1. The molecule has 0 aliphatic heterocycles. The molecule has 2 heterocycles. The van der Waals surface area contributed by atoms with Gasteiger partial charge in [0.1, 0.15) is 5.76 Å². The first-order chi connectivity index (χ1) is 7.99. The van der Waals surface area contributed by atoms with Gasteiger partial charge in [-0.25, -0.2) is 9.78 Å². The maximum absolute atomic E-state index is 11.0. The molecule has 2 aromatic heterocycles. The third kappa shape index (κ3) is 2.06. The van der Waals surface area contributed by atoms with E-state index in [1.165, 1.54) is 0 Å². The largest absolute Gasteiger partial charge is 0.475 e. The van der Waals surface area contributed by atoms with Crippen molar-refractivity contribution in [1.82, 2.24) is 10.1 Å². The molecule has 0 bridgehead atoms. The molecule has 0 saturated heterocycles. The Morgan fingerprint density at radius 3 is 2.59 bits per heavy atom. The minimum Gasteiger partial charge on any atom is -0.475 e. The van der Waals surface area contributed by atoms with E-state index in [0.29, 0.717) is 17.1 Å². The van der Waals surface area contributed by atoms with Crippen LogP contribution in [-0.2, 0) is 0 Å². The standard InChI is InChI=1S/C11H12N2O4/c1-5(2)8-9(11(14)15)16-10(12-8)7-4-6(3)17-13-7/h4-5H,1-3H3,(H,14,15). The van der Waals surface area contributed by atoms with E-state index >= 15 is 0 Å². The van der Waals surface area contributed by atoms with Gasteiger partial charge in [0.25, 0.3) is 0 Å². The zero-order valence-corrected chi connectivity index (χ0v) is 9.72. The first-order valence-electron chi connectivity index (χ1n) is 5.16. The van der Waals surface area contributed by atoms with Crippen LogP contribution in [0.1, 0.15) is 41.8 Å². The van der Waals surface area contributed by atoms with Gasteiger partial charge in [0.2, 0.25) is 11.7 Å². The third-order valence-electron chi connectivity index (χ3n) is 2.24. The Bertz CT molecular complexity index is 554. The van der Waals surface area contributed by atoms with Crippen molar-refractivity contribution < 1.29 is 18.8 Å². The fourth-order valence-corrected chi connectivity index (χ4v) is 1.45. The fourth-order valence-electron chi connectivity index (χ4n) is 1.45. The minimum atomic E-state index is -1.13. The van der Waals surface area contributed by atoms with Crippen LogP contribution in [0.25, 0.3) is 11.6 Å².